The van der Waals surface area contributed by atoms with Gasteiger partial charge in [-0.25, -0.2) is 0 Å². The molecule has 0 bridgehead atoms. The van der Waals surface area contributed by atoms with Crippen LogP contribution in [-0.4, -0.2) is 18.0 Å². The zero-order chi connectivity index (χ0) is 12.7. The molecule has 0 radical (unpaired) electrons. The van der Waals surface area contributed by atoms with Crippen molar-refractivity contribution in [1.29, 1.82) is 0 Å². The van der Waals surface area contributed by atoms with E-state index in [0.29, 0.717) is 0 Å². The second-order valence-electron chi connectivity index (χ2n) is 4.13. The van der Waals surface area contributed by atoms with Gasteiger partial charge in [-0.2, -0.15) is 0 Å². The average molecular weight is 237 g/mol. The van der Waals surface area contributed by atoms with Crippen LogP contribution >= 0.6 is 0 Å². The number of aryl methyl sites for hydroxylation is 1. The van der Waals surface area contributed by atoms with Crippen LogP contribution < -0.4 is 11.1 Å². The Kier molecular flexibility index (Phi) is 5.42. The fraction of sp³-hybridized carbons (Fsp3) is 0.500. The Morgan fingerprint density at radius 2 is 1.94 bits per heavy atom. The Hall–Kier alpha value is -1.62. The van der Waals surface area contributed by atoms with Crippen molar-refractivity contribution in [2.75, 3.05) is 18.8 Å². The van der Waals surface area contributed by atoms with Crippen molar-refractivity contribution in [3.8, 4) is 0 Å². The molecule has 0 atom stereocenters. The number of anilines is 1. The second-order valence-corrected chi connectivity index (χ2v) is 4.13. The lowest BCUT2D eigenvalue weighted by Gasteiger charge is -2.08. The predicted octanol–water partition coefficient (Wildman–Crippen LogP) is 2.25. The zero-order valence-corrected chi connectivity index (χ0v) is 10.1. The van der Waals surface area contributed by atoms with Crippen molar-refractivity contribution in [1.82, 2.24) is 5.32 Å². The molecule has 94 valence electrons. The Balaban J connectivity index is 0.000000202. The van der Waals surface area contributed by atoms with Crippen LogP contribution in [0, 0.1) is 17.0 Å². The van der Waals surface area contributed by atoms with Gasteiger partial charge >= 0.3 is 0 Å². The third kappa shape index (κ3) is 4.82. The molecule has 1 fully saturated rings. The number of hydrogen-bond donors (Lipinski definition) is 2. The highest BCUT2D eigenvalue weighted by molar-refractivity contribution is 5.58. The van der Waals surface area contributed by atoms with Crippen LogP contribution in [0.4, 0.5) is 11.4 Å². The highest BCUT2D eigenvalue weighted by atomic mass is 16.6. The number of benzene rings is 1. The van der Waals surface area contributed by atoms with E-state index < -0.39 is 4.92 Å². The van der Waals surface area contributed by atoms with Gasteiger partial charge < -0.3 is 11.1 Å². The van der Waals surface area contributed by atoms with Crippen molar-refractivity contribution >= 4 is 11.4 Å². The minimum Gasteiger partial charge on any atom is -0.393 e. The van der Waals surface area contributed by atoms with E-state index >= 15 is 0 Å². The molecular formula is C12H19N3O2. The van der Waals surface area contributed by atoms with Gasteiger partial charge in [0.1, 0.15) is 5.69 Å². The van der Waals surface area contributed by atoms with E-state index in [9.17, 15) is 10.1 Å². The second kappa shape index (κ2) is 6.85. The van der Waals surface area contributed by atoms with Gasteiger partial charge in [0.05, 0.1) is 4.92 Å². The van der Waals surface area contributed by atoms with Gasteiger partial charge in [0.25, 0.3) is 5.69 Å². The molecule has 0 amide bonds. The van der Waals surface area contributed by atoms with Crippen LogP contribution in [0.5, 0.6) is 0 Å². The van der Waals surface area contributed by atoms with E-state index in [-0.39, 0.29) is 11.4 Å². The summed E-state index contributed by atoms with van der Waals surface area (Å²) >= 11 is 0. The molecular weight excluding hydrogens is 218 g/mol. The molecule has 1 heterocycles. The van der Waals surface area contributed by atoms with Gasteiger partial charge in [-0.15, -0.1) is 0 Å². The number of piperidine rings is 1. The Morgan fingerprint density at radius 1 is 1.29 bits per heavy atom. The monoisotopic (exact) mass is 237 g/mol. The SMILES string of the molecule is C1CCNCC1.Cc1ccc(N)c([N+](=O)[O-])c1. The van der Waals surface area contributed by atoms with Crippen LogP contribution in [0.3, 0.4) is 0 Å². The Bertz CT molecular complexity index is 365. The molecule has 0 aromatic heterocycles. The first-order valence-electron chi connectivity index (χ1n) is 5.82. The maximum atomic E-state index is 10.3. The minimum absolute atomic E-state index is 0.0231. The molecule has 0 unspecified atom stereocenters. The van der Waals surface area contributed by atoms with E-state index in [1.165, 1.54) is 44.5 Å². The lowest BCUT2D eigenvalue weighted by atomic mass is 10.2. The van der Waals surface area contributed by atoms with Gasteiger partial charge in [0.2, 0.25) is 0 Å². The third-order valence-electron chi connectivity index (χ3n) is 2.59. The lowest BCUT2D eigenvalue weighted by Crippen LogP contribution is -2.21. The first kappa shape index (κ1) is 13.4. The number of nitrogens with one attached hydrogen (secondary N) is 1. The highest BCUT2D eigenvalue weighted by Crippen LogP contribution is 2.21. The molecule has 1 saturated heterocycles. The molecule has 1 aliphatic rings. The molecule has 1 aromatic rings. The number of hydrogen-bond acceptors (Lipinski definition) is 4. The van der Waals surface area contributed by atoms with Crippen molar-refractivity contribution in [2.24, 2.45) is 0 Å². The lowest BCUT2D eigenvalue weighted by molar-refractivity contribution is -0.383. The van der Waals surface area contributed by atoms with E-state index in [4.69, 9.17) is 5.73 Å². The van der Waals surface area contributed by atoms with Gasteiger partial charge in [0, 0.05) is 6.07 Å². The van der Waals surface area contributed by atoms with E-state index in [1.807, 2.05) is 0 Å². The summed E-state index contributed by atoms with van der Waals surface area (Å²) in [5.41, 5.74) is 6.37. The summed E-state index contributed by atoms with van der Waals surface area (Å²) in [6.45, 7) is 4.28. The molecule has 0 aliphatic carbocycles. The third-order valence-corrected chi connectivity index (χ3v) is 2.59. The Labute approximate surface area is 101 Å². The molecule has 17 heavy (non-hydrogen) atoms. The normalized spacial score (nSPS) is 14.6. The average Bonchev–Trinajstić information content (AvgIpc) is 2.35. The maximum absolute atomic E-state index is 10.3. The van der Waals surface area contributed by atoms with Crippen LogP contribution in [0.15, 0.2) is 18.2 Å². The van der Waals surface area contributed by atoms with E-state index in [1.54, 1.807) is 13.0 Å². The maximum Gasteiger partial charge on any atom is 0.292 e. The number of rotatable bonds is 1. The minimum atomic E-state index is -0.484. The molecule has 0 spiro atoms. The van der Waals surface area contributed by atoms with Crippen LogP contribution in [-0.2, 0) is 0 Å². The highest BCUT2D eigenvalue weighted by Gasteiger charge is 2.09. The van der Waals surface area contributed by atoms with Crippen molar-refractivity contribution in [3.05, 3.63) is 33.9 Å². The summed E-state index contributed by atoms with van der Waals surface area (Å²) in [6.07, 6.45) is 4.22. The molecule has 5 nitrogen and oxygen atoms in total. The predicted molar refractivity (Wildman–Crippen MR) is 69.0 cm³/mol. The van der Waals surface area contributed by atoms with Crippen LogP contribution in [0.25, 0.3) is 0 Å². The molecule has 1 aliphatic heterocycles. The van der Waals surface area contributed by atoms with Gasteiger partial charge in [-0.1, -0.05) is 12.5 Å². The fourth-order valence-electron chi connectivity index (χ4n) is 1.61. The fourth-order valence-corrected chi connectivity index (χ4v) is 1.61. The standard InChI is InChI=1S/C7H8N2O2.C5H11N/c1-5-2-3-6(8)7(4-5)9(10)11;1-2-4-6-5-3-1/h2-4H,8H2,1H3;6H,1-5H2. The quantitative estimate of drug-likeness (QED) is 0.446. The summed E-state index contributed by atoms with van der Waals surface area (Å²) in [5, 5.41) is 13.6. The van der Waals surface area contributed by atoms with E-state index in [0.717, 1.165) is 5.56 Å². The summed E-state index contributed by atoms with van der Waals surface area (Å²) < 4.78 is 0. The largest absolute Gasteiger partial charge is 0.393 e. The summed E-state index contributed by atoms with van der Waals surface area (Å²) in [4.78, 5) is 9.82. The van der Waals surface area contributed by atoms with E-state index in [2.05, 4.69) is 5.32 Å². The number of nitro benzene ring substituents is 1. The van der Waals surface area contributed by atoms with Gasteiger partial charge in [-0.05, 0) is 44.5 Å². The summed E-state index contributed by atoms with van der Waals surface area (Å²) in [7, 11) is 0. The van der Waals surface area contributed by atoms with Crippen molar-refractivity contribution in [2.45, 2.75) is 26.2 Å². The van der Waals surface area contributed by atoms with Crippen LogP contribution in [0.1, 0.15) is 24.8 Å². The van der Waals surface area contributed by atoms with Gasteiger partial charge in [-0.3, -0.25) is 10.1 Å². The molecule has 0 saturated carbocycles. The molecule has 5 heteroatoms. The topological polar surface area (TPSA) is 81.2 Å². The number of nitrogens with zero attached hydrogens (tertiary/aromatic N) is 1. The Morgan fingerprint density at radius 3 is 2.29 bits per heavy atom. The van der Waals surface area contributed by atoms with Crippen molar-refractivity contribution < 1.29 is 4.92 Å². The molecule has 2 rings (SSSR count). The first-order chi connectivity index (χ1) is 8.11. The number of nitrogen functional groups attached to an aromatic ring is 1. The summed E-state index contributed by atoms with van der Waals surface area (Å²) in [5.74, 6) is 0. The molecule has 3 N–H and O–H groups in total. The van der Waals surface area contributed by atoms with Crippen molar-refractivity contribution in [3.63, 3.8) is 0 Å². The first-order valence-corrected chi connectivity index (χ1v) is 5.82. The molecule has 1 aromatic carbocycles. The van der Waals surface area contributed by atoms with Crippen LogP contribution in [0.2, 0.25) is 0 Å². The number of nitrogens with two attached hydrogens (primary N) is 1. The smallest absolute Gasteiger partial charge is 0.292 e. The number of nitro groups is 1. The van der Waals surface area contributed by atoms with Gasteiger partial charge in [0.15, 0.2) is 0 Å². The zero-order valence-electron chi connectivity index (χ0n) is 10.1. The summed E-state index contributed by atoms with van der Waals surface area (Å²) in [6, 6.07) is 4.73.